The highest BCUT2D eigenvalue weighted by Gasteiger charge is 2.25. The van der Waals surface area contributed by atoms with E-state index in [2.05, 4.69) is 10.3 Å². The molecule has 0 spiro atoms. The second-order valence-corrected chi connectivity index (χ2v) is 4.80. The van der Waals surface area contributed by atoms with Gasteiger partial charge in [0.2, 0.25) is 0 Å². The topological polar surface area (TPSA) is 57.3 Å². The molecule has 3 N–H and O–H groups in total. The van der Waals surface area contributed by atoms with E-state index >= 15 is 0 Å². The van der Waals surface area contributed by atoms with E-state index < -0.39 is 6.10 Å². The number of methoxy groups -OCH3 is 1. The van der Waals surface area contributed by atoms with Gasteiger partial charge in [-0.25, -0.2) is 0 Å². The zero-order valence-electron chi connectivity index (χ0n) is 10.4. The Morgan fingerprint density at radius 2 is 2.33 bits per heavy atom. The summed E-state index contributed by atoms with van der Waals surface area (Å²) in [6.45, 7) is 0.993. The molecule has 18 heavy (non-hydrogen) atoms. The summed E-state index contributed by atoms with van der Waals surface area (Å²) in [5.41, 5.74) is 1.98. The summed E-state index contributed by atoms with van der Waals surface area (Å²) >= 11 is 0. The molecule has 0 aliphatic carbocycles. The van der Waals surface area contributed by atoms with Gasteiger partial charge in [0.05, 0.1) is 13.2 Å². The number of aromatic amines is 1. The van der Waals surface area contributed by atoms with E-state index in [0.717, 1.165) is 41.6 Å². The zero-order chi connectivity index (χ0) is 12.5. The van der Waals surface area contributed by atoms with Crippen LogP contribution in [-0.4, -0.2) is 29.8 Å². The minimum absolute atomic E-state index is 0.162. The predicted molar refractivity (Wildman–Crippen MR) is 70.8 cm³/mol. The van der Waals surface area contributed by atoms with Crippen molar-refractivity contribution in [1.82, 2.24) is 10.3 Å². The molecule has 2 aromatic rings. The first-order valence-corrected chi connectivity index (χ1v) is 6.36. The van der Waals surface area contributed by atoms with Crippen molar-refractivity contribution in [1.29, 1.82) is 0 Å². The van der Waals surface area contributed by atoms with Crippen LogP contribution in [0.4, 0.5) is 0 Å². The summed E-state index contributed by atoms with van der Waals surface area (Å²) in [5, 5.41) is 14.8. The van der Waals surface area contributed by atoms with Crippen molar-refractivity contribution < 1.29 is 9.84 Å². The molecule has 2 atom stereocenters. The molecule has 1 saturated heterocycles. The standard InChI is InChI=1S/C14H18N2O2/c1-18-9-4-5-12-10(7-9)11(8-16-12)14(17)13-3-2-6-15-13/h4-5,7-8,13-17H,2-3,6H2,1H3. The molecule has 0 bridgehead atoms. The molecule has 1 aliphatic rings. The van der Waals surface area contributed by atoms with E-state index in [-0.39, 0.29) is 6.04 Å². The molecule has 1 aromatic carbocycles. The largest absolute Gasteiger partial charge is 0.497 e. The van der Waals surface area contributed by atoms with E-state index in [1.807, 2.05) is 24.4 Å². The first kappa shape index (κ1) is 11.6. The Bertz CT molecular complexity index is 544. The van der Waals surface area contributed by atoms with Gasteiger partial charge in [0.25, 0.3) is 0 Å². The van der Waals surface area contributed by atoms with Crippen LogP contribution in [0.3, 0.4) is 0 Å². The molecule has 96 valence electrons. The highest BCUT2D eigenvalue weighted by atomic mass is 16.5. The van der Waals surface area contributed by atoms with Crippen LogP contribution in [0, 0.1) is 0 Å². The smallest absolute Gasteiger partial charge is 0.119 e. The first-order chi connectivity index (χ1) is 8.79. The fourth-order valence-corrected chi connectivity index (χ4v) is 2.69. The summed E-state index contributed by atoms with van der Waals surface area (Å²) in [7, 11) is 1.66. The van der Waals surface area contributed by atoms with E-state index in [1.165, 1.54) is 0 Å². The minimum Gasteiger partial charge on any atom is -0.497 e. The van der Waals surface area contributed by atoms with Crippen LogP contribution in [0.1, 0.15) is 24.5 Å². The van der Waals surface area contributed by atoms with Crippen molar-refractivity contribution in [2.24, 2.45) is 0 Å². The van der Waals surface area contributed by atoms with Gasteiger partial charge in [-0.3, -0.25) is 0 Å². The highest BCUT2D eigenvalue weighted by molar-refractivity contribution is 5.85. The van der Waals surface area contributed by atoms with Crippen molar-refractivity contribution in [3.05, 3.63) is 30.0 Å². The Labute approximate surface area is 106 Å². The van der Waals surface area contributed by atoms with Crippen LogP contribution < -0.4 is 10.1 Å². The minimum atomic E-state index is -0.464. The molecule has 0 saturated carbocycles. The molecular weight excluding hydrogens is 228 g/mol. The van der Waals surface area contributed by atoms with Crippen molar-refractivity contribution in [3.63, 3.8) is 0 Å². The van der Waals surface area contributed by atoms with Crippen molar-refractivity contribution in [3.8, 4) is 5.75 Å². The number of fused-ring (bicyclic) bond motifs is 1. The van der Waals surface area contributed by atoms with Crippen LogP contribution in [-0.2, 0) is 0 Å². The molecule has 4 heteroatoms. The molecule has 0 amide bonds. The number of hydrogen-bond acceptors (Lipinski definition) is 3. The van der Waals surface area contributed by atoms with Crippen LogP contribution in [0.5, 0.6) is 5.75 Å². The van der Waals surface area contributed by atoms with E-state index in [4.69, 9.17) is 4.74 Å². The van der Waals surface area contributed by atoms with E-state index in [1.54, 1.807) is 7.11 Å². The van der Waals surface area contributed by atoms with Crippen LogP contribution in [0.25, 0.3) is 10.9 Å². The second kappa shape index (κ2) is 4.63. The molecule has 3 rings (SSSR count). The average molecular weight is 246 g/mol. The molecule has 1 aromatic heterocycles. The van der Waals surface area contributed by atoms with Gasteiger partial charge >= 0.3 is 0 Å². The maximum absolute atomic E-state index is 10.4. The Hall–Kier alpha value is -1.52. The molecule has 1 aliphatic heterocycles. The van der Waals surface area contributed by atoms with Gasteiger partial charge in [0.15, 0.2) is 0 Å². The molecular formula is C14H18N2O2. The number of hydrogen-bond donors (Lipinski definition) is 3. The van der Waals surface area contributed by atoms with Crippen LogP contribution in [0.15, 0.2) is 24.4 Å². The molecule has 4 nitrogen and oxygen atoms in total. The highest BCUT2D eigenvalue weighted by Crippen LogP contribution is 2.31. The lowest BCUT2D eigenvalue weighted by Gasteiger charge is -2.17. The molecule has 1 fully saturated rings. The van der Waals surface area contributed by atoms with Crippen LogP contribution >= 0.6 is 0 Å². The molecule has 2 heterocycles. The number of aliphatic hydroxyl groups is 1. The number of H-pyrrole nitrogens is 1. The van der Waals surface area contributed by atoms with Gasteiger partial charge in [-0.1, -0.05) is 0 Å². The van der Waals surface area contributed by atoms with Crippen molar-refractivity contribution in [2.75, 3.05) is 13.7 Å². The summed E-state index contributed by atoms with van der Waals surface area (Å²) in [4.78, 5) is 3.20. The Morgan fingerprint density at radius 3 is 3.06 bits per heavy atom. The number of ether oxygens (including phenoxy) is 1. The lowest BCUT2D eigenvalue weighted by atomic mass is 10.0. The van der Waals surface area contributed by atoms with Gasteiger partial charge in [-0.15, -0.1) is 0 Å². The zero-order valence-corrected chi connectivity index (χ0v) is 10.4. The summed E-state index contributed by atoms with van der Waals surface area (Å²) in [6, 6.07) is 6.03. The van der Waals surface area contributed by atoms with Crippen LogP contribution in [0.2, 0.25) is 0 Å². The summed E-state index contributed by atoms with van der Waals surface area (Å²) in [5.74, 6) is 0.815. The maximum atomic E-state index is 10.4. The van der Waals surface area contributed by atoms with Gasteiger partial charge in [-0.2, -0.15) is 0 Å². The number of aliphatic hydroxyl groups excluding tert-OH is 1. The van der Waals surface area contributed by atoms with Gasteiger partial charge in [0.1, 0.15) is 5.75 Å². The summed E-state index contributed by atoms with van der Waals surface area (Å²) in [6.07, 6.45) is 3.59. The van der Waals surface area contributed by atoms with Gasteiger partial charge in [0, 0.05) is 28.7 Å². The summed E-state index contributed by atoms with van der Waals surface area (Å²) < 4.78 is 5.24. The average Bonchev–Trinajstić information content (AvgIpc) is 3.06. The SMILES string of the molecule is COc1ccc2[nH]cc(C(O)C3CCCN3)c2c1. The number of benzene rings is 1. The Kier molecular flexibility index (Phi) is 2.97. The van der Waals surface area contributed by atoms with E-state index in [0.29, 0.717) is 0 Å². The lowest BCUT2D eigenvalue weighted by molar-refractivity contribution is 0.139. The quantitative estimate of drug-likeness (QED) is 0.776. The van der Waals surface area contributed by atoms with Gasteiger partial charge < -0.3 is 20.1 Å². The number of rotatable bonds is 3. The third-order valence-electron chi connectivity index (χ3n) is 3.72. The Morgan fingerprint density at radius 1 is 1.44 bits per heavy atom. The lowest BCUT2D eigenvalue weighted by Crippen LogP contribution is -2.28. The third kappa shape index (κ3) is 1.87. The maximum Gasteiger partial charge on any atom is 0.119 e. The van der Waals surface area contributed by atoms with Gasteiger partial charge in [-0.05, 0) is 37.6 Å². The predicted octanol–water partition coefficient (Wildman–Crippen LogP) is 1.96. The van der Waals surface area contributed by atoms with E-state index in [9.17, 15) is 5.11 Å². The molecule has 0 radical (unpaired) electrons. The fraction of sp³-hybridized carbons (Fsp3) is 0.429. The van der Waals surface area contributed by atoms with Crippen molar-refractivity contribution in [2.45, 2.75) is 25.0 Å². The monoisotopic (exact) mass is 246 g/mol. The number of aromatic nitrogens is 1. The third-order valence-corrected chi connectivity index (χ3v) is 3.72. The fourth-order valence-electron chi connectivity index (χ4n) is 2.69. The van der Waals surface area contributed by atoms with Crippen molar-refractivity contribution >= 4 is 10.9 Å². The Balaban J connectivity index is 1.99. The first-order valence-electron chi connectivity index (χ1n) is 6.36. The second-order valence-electron chi connectivity index (χ2n) is 4.80. The normalized spacial score (nSPS) is 21.3. The number of nitrogens with one attached hydrogen (secondary N) is 2. The molecule has 2 unspecified atom stereocenters.